The molecule has 70 valence electrons. The lowest BCUT2D eigenvalue weighted by atomic mass is 10.1. The van der Waals surface area contributed by atoms with Crippen LogP contribution >= 0.6 is 0 Å². The normalized spacial score (nSPS) is 11.4. The van der Waals surface area contributed by atoms with Crippen molar-refractivity contribution in [2.24, 2.45) is 0 Å². The predicted octanol–water partition coefficient (Wildman–Crippen LogP) is 2.69. The molecule has 12 heavy (non-hydrogen) atoms. The summed E-state index contributed by atoms with van der Waals surface area (Å²) in [5, 5.41) is 0. The molecular weight excluding hydrogens is 152 g/mol. The second kappa shape index (κ2) is 6.89. The number of rotatable bonds is 5. The van der Waals surface area contributed by atoms with Crippen molar-refractivity contribution in [3.8, 4) is 0 Å². The minimum atomic E-state index is -0.159. The van der Waals surface area contributed by atoms with E-state index in [0.717, 1.165) is 24.8 Å². The Kier molecular flexibility index (Phi) is 6.44. The molecule has 0 heterocycles. The van der Waals surface area contributed by atoms with Gasteiger partial charge in [-0.25, -0.2) is 4.79 Å². The Labute approximate surface area is 74.6 Å². The third-order valence-corrected chi connectivity index (χ3v) is 1.60. The minimum Gasteiger partial charge on any atom is -0.463 e. The van der Waals surface area contributed by atoms with Crippen molar-refractivity contribution in [3.05, 3.63) is 11.6 Å². The van der Waals surface area contributed by atoms with Crippen LogP contribution in [0, 0.1) is 0 Å². The first-order valence-electron chi connectivity index (χ1n) is 4.62. The molecule has 2 heteroatoms. The van der Waals surface area contributed by atoms with Crippen LogP contribution in [0.2, 0.25) is 0 Å². The third kappa shape index (κ3) is 4.16. The fourth-order valence-electron chi connectivity index (χ4n) is 0.914. The molecule has 0 aromatic heterocycles. The van der Waals surface area contributed by atoms with Gasteiger partial charge in [-0.1, -0.05) is 26.3 Å². The summed E-state index contributed by atoms with van der Waals surface area (Å²) in [6, 6.07) is 0. The van der Waals surface area contributed by atoms with Gasteiger partial charge in [-0.3, -0.25) is 0 Å². The maximum atomic E-state index is 11.2. The highest BCUT2D eigenvalue weighted by atomic mass is 16.5. The zero-order valence-electron chi connectivity index (χ0n) is 8.22. The van der Waals surface area contributed by atoms with Crippen molar-refractivity contribution in [1.29, 1.82) is 0 Å². The average molecular weight is 170 g/mol. The second-order valence-electron chi connectivity index (χ2n) is 2.59. The summed E-state index contributed by atoms with van der Waals surface area (Å²) in [6.45, 7) is 6.35. The van der Waals surface area contributed by atoms with Gasteiger partial charge in [-0.2, -0.15) is 0 Å². The Hall–Kier alpha value is -0.790. The highest BCUT2D eigenvalue weighted by Crippen LogP contribution is 2.05. The average Bonchev–Trinajstić information content (AvgIpc) is 2.06. The van der Waals surface area contributed by atoms with Crippen LogP contribution in [0.4, 0.5) is 0 Å². The number of hydrogen-bond acceptors (Lipinski definition) is 2. The van der Waals surface area contributed by atoms with Crippen molar-refractivity contribution in [2.75, 3.05) is 6.61 Å². The molecule has 0 bridgehead atoms. The number of ether oxygens (including phenoxy) is 1. The zero-order valence-corrected chi connectivity index (χ0v) is 8.22. The molecule has 0 aliphatic rings. The third-order valence-electron chi connectivity index (χ3n) is 1.60. The molecule has 0 aliphatic heterocycles. The molecule has 0 saturated carbocycles. The first kappa shape index (κ1) is 11.2. The molecule has 0 spiro atoms. The Balaban J connectivity index is 4.04. The van der Waals surface area contributed by atoms with E-state index in [-0.39, 0.29) is 5.97 Å². The lowest BCUT2D eigenvalue weighted by Crippen LogP contribution is -2.06. The quantitative estimate of drug-likeness (QED) is 0.468. The van der Waals surface area contributed by atoms with Crippen molar-refractivity contribution >= 4 is 5.97 Å². The number of hydrogen-bond donors (Lipinski definition) is 0. The SMILES string of the molecule is CCCC=C(CC)C(=O)OCC. The molecule has 0 radical (unpaired) electrons. The summed E-state index contributed by atoms with van der Waals surface area (Å²) >= 11 is 0. The molecule has 0 amide bonds. The van der Waals surface area contributed by atoms with Gasteiger partial charge in [0.2, 0.25) is 0 Å². The largest absolute Gasteiger partial charge is 0.463 e. The number of unbranched alkanes of at least 4 members (excludes halogenated alkanes) is 1. The Bertz CT molecular complexity index is 159. The summed E-state index contributed by atoms with van der Waals surface area (Å²) in [6.07, 6.45) is 4.77. The maximum absolute atomic E-state index is 11.2. The van der Waals surface area contributed by atoms with E-state index in [1.165, 1.54) is 0 Å². The number of carbonyl (C=O) groups excluding carboxylic acids is 1. The zero-order chi connectivity index (χ0) is 9.40. The molecule has 0 unspecified atom stereocenters. The van der Waals surface area contributed by atoms with Gasteiger partial charge < -0.3 is 4.74 Å². The smallest absolute Gasteiger partial charge is 0.333 e. The van der Waals surface area contributed by atoms with Gasteiger partial charge in [0.25, 0.3) is 0 Å². The van der Waals surface area contributed by atoms with Crippen LogP contribution in [0.25, 0.3) is 0 Å². The molecule has 0 aromatic rings. The Morgan fingerprint density at radius 3 is 2.42 bits per heavy atom. The molecule has 0 atom stereocenters. The maximum Gasteiger partial charge on any atom is 0.333 e. The molecule has 0 saturated heterocycles. The van der Waals surface area contributed by atoms with Crippen LogP contribution in [-0.4, -0.2) is 12.6 Å². The highest BCUT2D eigenvalue weighted by Gasteiger charge is 2.06. The van der Waals surface area contributed by atoms with Gasteiger partial charge in [0.05, 0.1) is 6.61 Å². The minimum absolute atomic E-state index is 0.159. The summed E-state index contributed by atoms with van der Waals surface area (Å²) in [5.41, 5.74) is 0.804. The first-order chi connectivity index (χ1) is 5.76. The summed E-state index contributed by atoms with van der Waals surface area (Å²) in [7, 11) is 0. The molecule has 0 aromatic carbocycles. The Morgan fingerprint density at radius 1 is 1.33 bits per heavy atom. The van der Waals surface area contributed by atoms with Gasteiger partial charge in [-0.05, 0) is 19.8 Å². The predicted molar refractivity (Wildman–Crippen MR) is 49.9 cm³/mol. The molecule has 0 fully saturated rings. The lowest BCUT2D eigenvalue weighted by molar-refractivity contribution is -0.138. The van der Waals surface area contributed by atoms with E-state index < -0.39 is 0 Å². The van der Waals surface area contributed by atoms with Crippen LogP contribution < -0.4 is 0 Å². The number of carbonyl (C=O) groups is 1. The standard InChI is InChI=1S/C10H18O2/c1-4-7-8-9(5-2)10(11)12-6-3/h8H,4-7H2,1-3H3. The lowest BCUT2D eigenvalue weighted by Gasteiger charge is -2.03. The molecule has 0 N–H and O–H groups in total. The van der Waals surface area contributed by atoms with Crippen LogP contribution in [-0.2, 0) is 9.53 Å². The molecule has 0 rings (SSSR count). The van der Waals surface area contributed by atoms with Crippen LogP contribution in [0.15, 0.2) is 11.6 Å². The van der Waals surface area contributed by atoms with E-state index in [2.05, 4.69) is 6.92 Å². The molecular formula is C10H18O2. The number of allylic oxidation sites excluding steroid dienone is 1. The van der Waals surface area contributed by atoms with E-state index in [9.17, 15) is 4.79 Å². The van der Waals surface area contributed by atoms with Gasteiger partial charge in [0.1, 0.15) is 0 Å². The van der Waals surface area contributed by atoms with Crippen molar-refractivity contribution in [2.45, 2.75) is 40.0 Å². The first-order valence-corrected chi connectivity index (χ1v) is 4.62. The Morgan fingerprint density at radius 2 is 2.00 bits per heavy atom. The van der Waals surface area contributed by atoms with Crippen molar-refractivity contribution in [3.63, 3.8) is 0 Å². The van der Waals surface area contributed by atoms with E-state index in [1.54, 1.807) is 0 Å². The fourth-order valence-corrected chi connectivity index (χ4v) is 0.914. The fraction of sp³-hybridized carbons (Fsp3) is 0.700. The monoisotopic (exact) mass is 170 g/mol. The van der Waals surface area contributed by atoms with Gasteiger partial charge in [0.15, 0.2) is 0 Å². The van der Waals surface area contributed by atoms with Crippen LogP contribution in [0.1, 0.15) is 40.0 Å². The van der Waals surface area contributed by atoms with Gasteiger partial charge in [0, 0.05) is 5.57 Å². The van der Waals surface area contributed by atoms with Gasteiger partial charge >= 0.3 is 5.97 Å². The summed E-state index contributed by atoms with van der Waals surface area (Å²) in [4.78, 5) is 11.2. The topological polar surface area (TPSA) is 26.3 Å². The summed E-state index contributed by atoms with van der Waals surface area (Å²) < 4.78 is 4.88. The molecule has 0 aliphatic carbocycles. The van der Waals surface area contributed by atoms with E-state index in [0.29, 0.717) is 6.61 Å². The van der Waals surface area contributed by atoms with E-state index in [1.807, 2.05) is 19.9 Å². The van der Waals surface area contributed by atoms with Crippen LogP contribution in [0.5, 0.6) is 0 Å². The summed E-state index contributed by atoms with van der Waals surface area (Å²) in [5.74, 6) is -0.159. The van der Waals surface area contributed by atoms with Gasteiger partial charge in [-0.15, -0.1) is 0 Å². The van der Waals surface area contributed by atoms with Crippen molar-refractivity contribution < 1.29 is 9.53 Å². The van der Waals surface area contributed by atoms with Crippen molar-refractivity contribution in [1.82, 2.24) is 0 Å². The van der Waals surface area contributed by atoms with Crippen LogP contribution in [0.3, 0.4) is 0 Å². The molecule has 2 nitrogen and oxygen atoms in total. The van der Waals surface area contributed by atoms with E-state index in [4.69, 9.17) is 4.74 Å². The second-order valence-corrected chi connectivity index (χ2v) is 2.59. The van der Waals surface area contributed by atoms with E-state index >= 15 is 0 Å². The number of esters is 1. The highest BCUT2D eigenvalue weighted by molar-refractivity contribution is 5.88.